The van der Waals surface area contributed by atoms with Gasteiger partial charge in [-0.15, -0.1) is 0 Å². The summed E-state index contributed by atoms with van der Waals surface area (Å²) in [4.78, 5) is 0. The first kappa shape index (κ1) is 12.8. The predicted octanol–water partition coefficient (Wildman–Crippen LogP) is 3.82. The van der Waals surface area contributed by atoms with E-state index in [9.17, 15) is 0 Å². The molecule has 18 heavy (non-hydrogen) atoms. The highest BCUT2D eigenvalue weighted by molar-refractivity contribution is 6.45. The van der Waals surface area contributed by atoms with E-state index in [-0.39, 0.29) is 15.8 Å². The lowest BCUT2D eigenvalue weighted by molar-refractivity contribution is 0.318. The number of oxime groups is 1. The van der Waals surface area contributed by atoms with Crippen LogP contribution < -0.4 is 4.74 Å². The number of benzene rings is 1. The number of halogens is 2. The summed E-state index contributed by atoms with van der Waals surface area (Å²) in [5.41, 5.74) is 0.662. The minimum absolute atomic E-state index is 0.203. The molecule has 0 radical (unpaired) electrons. The molecule has 0 aliphatic heterocycles. The molecule has 0 atom stereocenters. The van der Waals surface area contributed by atoms with Crippen molar-refractivity contribution in [1.82, 2.24) is 0 Å². The third kappa shape index (κ3) is 2.17. The molecule has 4 nitrogen and oxygen atoms in total. The van der Waals surface area contributed by atoms with Crippen LogP contribution in [-0.4, -0.2) is 18.0 Å². The van der Waals surface area contributed by atoms with Gasteiger partial charge < -0.3 is 14.4 Å². The molecule has 0 unspecified atom stereocenters. The zero-order chi connectivity index (χ0) is 13.1. The molecule has 0 aliphatic carbocycles. The summed E-state index contributed by atoms with van der Waals surface area (Å²) in [5.74, 6) is 0.836. The van der Waals surface area contributed by atoms with Gasteiger partial charge in [-0.2, -0.15) is 0 Å². The summed E-state index contributed by atoms with van der Waals surface area (Å²) in [7, 11) is 1.49. The molecule has 1 heterocycles. The van der Waals surface area contributed by atoms with Crippen molar-refractivity contribution >= 4 is 28.9 Å². The van der Waals surface area contributed by atoms with Crippen LogP contribution in [0.4, 0.5) is 0 Å². The van der Waals surface area contributed by atoms with Crippen LogP contribution in [0.5, 0.6) is 5.75 Å². The van der Waals surface area contributed by atoms with Gasteiger partial charge in [-0.3, -0.25) is 0 Å². The van der Waals surface area contributed by atoms with Crippen molar-refractivity contribution in [2.75, 3.05) is 7.11 Å². The number of methoxy groups -OCH3 is 1. The minimum atomic E-state index is 0.203. The van der Waals surface area contributed by atoms with Crippen LogP contribution >= 0.6 is 23.2 Å². The fraction of sp³-hybridized carbons (Fsp3) is 0.0833. The van der Waals surface area contributed by atoms with Gasteiger partial charge >= 0.3 is 0 Å². The van der Waals surface area contributed by atoms with Gasteiger partial charge in [0.05, 0.1) is 18.4 Å². The van der Waals surface area contributed by atoms with Crippen LogP contribution in [0.2, 0.25) is 10.0 Å². The highest BCUT2D eigenvalue weighted by Crippen LogP contribution is 2.35. The van der Waals surface area contributed by atoms with E-state index < -0.39 is 0 Å². The maximum Gasteiger partial charge on any atom is 0.156 e. The Morgan fingerprint density at radius 3 is 2.61 bits per heavy atom. The molecule has 2 aromatic rings. The Kier molecular flexibility index (Phi) is 3.79. The summed E-state index contributed by atoms with van der Waals surface area (Å²) in [6, 6.07) is 6.62. The number of hydrogen-bond acceptors (Lipinski definition) is 4. The van der Waals surface area contributed by atoms with Crippen molar-refractivity contribution in [2.45, 2.75) is 0 Å². The third-order valence-corrected chi connectivity index (χ3v) is 3.24. The lowest BCUT2D eigenvalue weighted by atomic mass is 10.1. The van der Waals surface area contributed by atoms with Crippen molar-refractivity contribution in [2.24, 2.45) is 5.16 Å². The SMILES string of the molecule is COc1ccc(C(=NO)c2ccco2)c(Cl)c1Cl. The van der Waals surface area contributed by atoms with E-state index in [0.29, 0.717) is 17.1 Å². The smallest absolute Gasteiger partial charge is 0.156 e. The first-order chi connectivity index (χ1) is 8.69. The average Bonchev–Trinajstić information content (AvgIpc) is 2.89. The number of ether oxygens (including phenoxy) is 1. The third-order valence-electron chi connectivity index (χ3n) is 2.38. The highest BCUT2D eigenvalue weighted by atomic mass is 35.5. The first-order valence-electron chi connectivity index (χ1n) is 4.97. The normalized spacial score (nSPS) is 11.6. The van der Waals surface area contributed by atoms with Gasteiger partial charge in [-0.05, 0) is 24.3 Å². The van der Waals surface area contributed by atoms with E-state index in [1.54, 1.807) is 24.3 Å². The Labute approximate surface area is 113 Å². The Morgan fingerprint density at radius 2 is 2.06 bits per heavy atom. The second-order valence-electron chi connectivity index (χ2n) is 3.37. The summed E-state index contributed by atoms with van der Waals surface area (Å²) in [5, 5.41) is 12.8. The second kappa shape index (κ2) is 5.33. The van der Waals surface area contributed by atoms with Crippen LogP contribution in [0.15, 0.2) is 40.1 Å². The van der Waals surface area contributed by atoms with E-state index in [2.05, 4.69) is 5.16 Å². The molecule has 0 saturated carbocycles. The van der Waals surface area contributed by atoms with E-state index in [1.807, 2.05) is 0 Å². The van der Waals surface area contributed by atoms with Crippen molar-refractivity contribution in [1.29, 1.82) is 0 Å². The van der Waals surface area contributed by atoms with Gasteiger partial charge in [0.2, 0.25) is 0 Å². The van der Waals surface area contributed by atoms with Crippen molar-refractivity contribution < 1.29 is 14.4 Å². The maximum absolute atomic E-state index is 9.09. The van der Waals surface area contributed by atoms with Gasteiger partial charge in [0, 0.05) is 5.56 Å². The Hall–Kier alpha value is -1.65. The number of hydrogen-bond donors (Lipinski definition) is 1. The summed E-state index contributed by atoms with van der Waals surface area (Å²) in [6.45, 7) is 0. The quantitative estimate of drug-likeness (QED) is 0.530. The lowest BCUT2D eigenvalue weighted by Gasteiger charge is -2.09. The Balaban J connectivity index is 2.55. The number of rotatable bonds is 3. The molecule has 0 amide bonds. The summed E-state index contributed by atoms with van der Waals surface area (Å²) < 4.78 is 10.2. The molecule has 94 valence electrons. The molecule has 1 aromatic heterocycles. The zero-order valence-corrected chi connectivity index (χ0v) is 10.9. The summed E-state index contributed by atoms with van der Waals surface area (Å²) in [6.07, 6.45) is 1.47. The summed E-state index contributed by atoms with van der Waals surface area (Å²) >= 11 is 12.2. The topological polar surface area (TPSA) is 55.0 Å². The Morgan fingerprint density at radius 1 is 1.28 bits per heavy atom. The highest BCUT2D eigenvalue weighted by Gasteiger charge is 2.18. The van der Waals surface area contributed by atoms with E-state index in [1.165, 1.54) is 13.4 Å². The molecule has 0 spiro atoms. The molecule has 0 saturated heterocycles. The van der Waals surface area contributed by atoms with Crippen molar-refractivity contribution in [3.8, 4) is 5.75 Å². The monoisotopic (exact) mass is 285 g/mol. The second-order valence-corrected chi connectivity index (χ2v) is 4.13. The maximum atomic E-state index is 9.09. The van der Waals surface area contributed by atoms with Gasteiger partial charge in [0.1, 0.15) is 10.8 Å². The van der Waals surface area contributed by atoms with Gasteiger partial charge in [0.15, 0.2) is 11.5 Å². The van der Waals surface area contributed by atoms with Gasteiger partial charge in [0.25, 0.3) is 0 Å². The number of furan rings is 1. The molecule has 6 heteroatoms. The molecule has 1 aromatic carbocycles. The van der Waals surface area contributed by atoms with Crippen LogP contribution in [0.25, 0.3) is 0 Å². The van der Waals surface area contributed by atoms with Gasteiger partial charge in [-0.25, -0.2) is 0 Å². The molecule has 0 fully saturated rings. The fourth-order valence-electron chi connectivity index (χ4n) is 1.52. The zero-order valence-electron chi connectivity index (χ0n) is 9.35. The Bertz CT molecular complexity index is 579. The fourth-order valence-corrected chi connectivity index (χ4v) is 2.01. The molecular weight excluding hydrogens is 277 g/mol. The van der Waals surface area contributed by atoms with Crippen molar-refractivity contribution in [3.63, 3.8) is 0 Å². The molecule has 0 bridgehead atoms. The van der Waals surface area contributed by atoms with Gasteiger partial charge in [-0.1, -0.05) is 28.4 Å². The van der Waals surface area contributed by atoms with Crippen LogP contribution in [0.3, 0.4) is 0 Å². The standard InChI is InChI=1S/C12H9Cl2NO3/c1-17-8-5-4-7(10(13)11(8)14)12(15-16)9-3-2-6-18-9/h2-6,16H,1H3. The van der Waals surface area contributed by atoms with E-state index in [0.717, 1.165) is 0 Å². The minimum Gasteiger partial charge on any atom is -0.495 e. The predicted molar refractivity (Wildman–Crippen MR) is 69.1 cm³/mol. The molecule has 2 rings (SSSR count). The number of nitrogens with zero attached hydrogens (tertiary/aromatic N) is 1. The molecule has 0 aliphatic rings. The lowest BCUT2D eigenvalue weighted by Crippen LogP contribution is -2.03. The van der Waals surface area contributed by atoms with Crippen LogP contribution in [0.1, 0.15) is 11.3 Å². The van der Waals surface area contributed by atoms with Crippen LogP contribution in [-0.2, 0) is 0 Å². The van der Waals surface area contributed by atoms with E-state index >= 15 is 0 Å². The first-order valence-corrected chi connectivity index (χ1v) is 5.73. The molecular formula is C12H9Cl2NO3. The van der Waals surface area contributed by atoms with Crippen LogP contribution in [0, 0.1) is 0 Å². The molecule has 1 N–H and O–H groups in total. The van der Waals surface area contributed by atoms with E-state index in [4.69, 9.17) is 37.6 Å². The largest absolute Gasteiger partial charge is 0.495 e. The average molecular weight is 286 g/mol. The van der Waals surface area contributed by atoms with Crippen molar-refractivity contribution in [3.05, 3.63) is 51.9 Å².